The average molecular weight is 306 g/mol. The number of carbonyl (C=O) groups is 1. The zero-order chi connectivity index (χ0) is 15.4. The molecule has 1 heterocycles. The van der Waals surface area contributed by atoms with E-state index in [4.69, 9.17) is 4.74 Å². The minimum atomic E-state index is -0.419. The molecule has 0 aliphatic rings. The monoisotopic (exact) mass is 306 g/mol. The molecule has 0 aliphatic carbocycles. The number of esters is 1. The van der Waals surface area contributed by atoms with Crippen molar-refractivity contribution in [3.63, 3.8) is 0 Å². The van der Waals surface area contributed by atoms with Gasteiger partial charge in [0.05, 0.1) is 17.6 Å². The highest BCUT2D eigenvalue weighted by atomic mass is 32.1. The summed E-state index contributed by atoms with van der Waals surface area (Å²) in [7, 11) is 1.33. The van der Waals surface area contributed by atoms with Crippen LogP contribution in [0.2, 0.25) is 0 Å². The second-order valence-corrected chi connectivity index (χ2v) is 5.33. The third-order valence-electron chi connectivity index (χ3n) is 2.88. The molecule has 1 aromatic heterocycles. The Balaban J connectivity index is 2.15. The Bertz CT molecular complexity index is 681. The quantitative estimate of drug-likeness (QED) is 0.520. The van der Waals surface area contributed by atoms with E-state index in [0.717, 1.165) is 22.5 Å². The number of benzene rings is 1. The van der Waals surface area contributed by atoms with Crippen LogP contribution >= 0.6 is 11.3 Å². The Morgan fingerprint density at radius 2 is 2.19 bits per heavy atom. The third kappa shape index (κ3) is 3.57. The summed E-state index contributed by atoms with van der Waals surface area (Å²) in [5.74, 6) is -0.419. The highest BCUT2D eigenvalue weighted by Crippen LogP contribution is 2.24. The van der Waals surface area contributed by atoms with Crippen molar-refractivity contribution in [3.8, 4) is 0 Å². The molecule has 0 unspecified atom stereocenters. The van der Waals surface area contributed by atoms with E-state index >= 15 is 0 Å². The molecular formula is C14H14N2O4S. The van der Waals surface area contributed by atoms with Gasteiger partial charge in [-0.15, -0.1) is 0 Å². The molecule has 0 atom stereocenters. The molecule has 0 bridgehead atoms. The number of hydrogen-bond donors (Lipinski definition) is 1. The molecule has 2 rings (SSSR count). The van der Waals surface area contributed by atoms with E-state index in [-0.39, 0.29) is 5.00 Å². The van der Waals surface area contributed by atoms with Crippen molar-refractivity contribution in [3.05, 3.63) is 56.5 Å². The Kier molecular flexibility index (Phi) is 4.54. The Hall–Kier alpha value is -2.41. The van der Waals surface area contributed by atoms with Gasteiger partial charge in [0, 0.05) is 23.7 Å². The van der Waals surface area contributed by atoms with Gasteiger partial charge in [0.25, 0.3) is 0 Å². The SMILES string of the molecule is COC(=O)c1cc(C)ccc1NCc1csc([N+](=O)[O-])c1. The number of hydrogen-bond acceptors (Lipinski definition) is 6. The maximum atomic E-state index is 11.7. The number of rotatable bonds is 5. The van der Waals surface area contributed by atoms with Crippen LogP contribution in [-0.4, -0.2) is 18.0 Å². The van der Waals surface area contributed by atoms with Crippen LogP contribution in [0.3, 0.4) is 0 Å². The maximum Gasteiger partial charge on any atom is 0.339 e. The molecular weight excluding hydrogens is 292 g/mol. The molecule has 21 heavy (non-hydrogen) atoms. The fourth-order valence-electron chi connectivity index (χ4n) is 1.84. The zero-order valence-corrected chi connectivity index (χ0v) is 12.4. The van der Waals surface area contributed by atoms with Crippen molar-refractivity contribution in [1.82, 2.24) is 0 Å². The van der Waals surface area contributed by atoms with E-state index in [1.807, 2.05) is 13.0 Å². The third-order valence-corrected chi connectivity index (χ3v) is 3.81. The van der Waals surface area contributed by atoms with Gasteiger partial charge in [0.15, 0.2) is 0 Å². The number of thiophene rings is 1. The van der Waals surface area contributed by atoms with Crippen LogP contribution in [0.1, 0.15) is 21.5 Å². The van der Waals surface area contributed by atoms with Gasteiger partial charge in [-0.3, -0.25) is 10.1 Å². The van der Waals surface area contributed by atoms with Crippen LogP contribution in [-0.2, 0) is 11.3 Å². The first-order chi connectivity index (χ1) is 10.0. The van der Waals surface area contributed by atoms with Crippen molar-refractivity contribution >= 4 is 28.0 Å². The van der Waals surface area contributed by atoms with E-state index in [9.17, 15) is 14.9 Å². The minimum Gasteiger partial charge on any atom is -0.465 e. The van der Waals surface area contributed by atoms with Gasteiger partial charge in [-0.25, -0.2) is 4.79 Å². The van der Waals surface area contributed by atoms with Crippen LogP contribution in [0.5, 0.6) is 0 Å². The summed E-state index contributed by atoms with van der Waals surface area (Å²) in [6, 6.07) is 6.93. The topological polar surface area (TPSA) is 81.5 Å². The lowest BCUT2D eigenvalue weighted by molar-refractivity contribution is -0.380. The summed E-state index contributed by atoms with van der Waals surface area (Å²) in [4.78, 5) is 22.0. The van der Waals surface area contributed by atoms with Gasteiger partial charge in [0.1, 0.15) is 0 Å². The summed E-state index contributed by atoms with van der Waals surface area (Å²) in [6.07, 6.45) is 0. The first-order valence-electron chi connectivity index (χ1n) is 6.16. The summed E-state index contributed by atoms with van der Waals surface area (Å²) in [5.41, 5.74) is 2.83. The molecule has 0 saturated heterocycles. The predicted octanol–water partition coefficient (Wildman–Crippen LogP) is 3.36. The number of nitrogens with zero attached hydrogens (tertiary/aromatic N) is 1. The fraction of sp³-hybridized carbons (Fsp3) is 0.214. The summed E-state index contributed by atoms with van der Waals surface area (Å²) in [6.45, 7) is 2.29. The average Bonchev–Trinajstić information content (AvgIpc) is 2.94. The molecule has 110 valence electrons. The molecule has 1 N–H and O–H groups in total. The van der Waals surface area contributed by atoms with E-state index < -0.39 is 10.9 Å². The van der Waals surface area contributed by atoms with E-state index in [1.54, 1.807) is 17.5 Å². The van der Waals surface area contributed by atoms with Crippen molar-refractivity contribution < 1.29 is 14.5 Å². The number of methoxy groups -OCH3 is 1. The number of nitrogens with one attached hydrogen (secondary N) is 1. The molecule has 6 nitrogen and oxygen atoms in total. The number of carbonyl (C=O) groups excluding carboxylic acids is 1. The lowest BCUT2D eigenvalue weighted by Gasteiger charge is -2.10. The standard InChI is InChI=1S/C14H14N2O4S/c1-9-3-4-12(11(5-9)14(17)20-2)15-7-10-6-13(16(18)19)21-8-10/h3-6,8,15H,7H2,1-2H3. The van der Waals surface area contributed by atoms with Crippen LogP contribution in [0.4, 0.5) is 10.7 Å². The molecule has 0 amide bonds. The highest BCUT2D eigenvalue weighted by Gasteiger charge is 2.13. The van der Waals surface area contributed by atoms with E-state index in [0.29, 0.717) is 17.8 Å². The van der Waals surface area contributed by atoms with Gasteiger partial charge in [-0.1, -0.05) is 23.0 Å². The molecule has 0 aliphatic heterocycles. The molecule has 0 spiro atoms. The fourth-order valence-corrected chi connectivity index (χ4v) is 2.57. The molecule has 0 radical (unpaired) electrons. The first kappa shape index (κ1) is 15.0. The number of ether oxygens (including phenoxy) is 1. The van der Waals surface area contributed by atoms with Crippen molar-refractivity contribution in [2.24, 2.45) is 0 Å². The lowest BCUT2D eigenvalue weighted by Crippen LogP contribution is -2.08. The van der Waals surface area contributed by atoms with Gasteiger partial charge in [0.2, 0.25) is 0 Å². The Labute approximate surface area is 125 Å². The van der Waals surface area contributed by atoms with Gasteiger partial charge in [-0.05, 0) is 24.6 Å². The molecule has 1 aromatic carbocycles. The molecule has 7 heteroatoms. The van der Waals surface area contributed by atoms with Gasteiger partial charge in [-0.2, -0.15) is 0 Å². The highest BCUT2D eigenvalue weighted by molar-refractivity contribution is 7.13. The summed E-state index contributed by atoms with van der Waals surface area (Å²) >= 11 is 1.08. The maximum absolute atomic E-state index is 11.7. The Morgan fingerprint density at radius 3 is 2.81 bits per heavy atom. The summed E-state index contributed by atoms with van der Waals surface area (Å²) < 4.78 is 4.75. The zero-order valence-electron chi connectivity index (χ0n) is 11.6. The van der Waals surface area contributed by atoms with Crippen LogP contribution < -0.4 is 5.32 Å². The van der Waals surface area contributed by atoms with Crippen molar-refractivity contribution in [2.45, 2.75) is 13.5 Å². The molecule has 2 aromatic rings. The van der Waals surface area contributed by atoms with E-state index in [2.05, 4.69) is 5.32 Å². The molecule has 0 saturated carbocycles. The van der Waals surface area contributed by atoms with Crippen molar-refractivity contribution in [1.29, 1.82) is 0 Å². The summed E-state index contributed by atoms with van der Waals surface area (Å²) in [5, 5.41) is 15.6. The Morgan fingerprint density at radius 1 is 1.43 bits per heavy atom. The first-order valence-corrected chi connectivity index (χ1v) is 7.04. The van der Waals surface area contributed by atoms with Crippen molar-refractivity contribution in [2.75, 3.05) is 12.4 Å². The van der Waals surface area contributed by atoms with Crippen LogP contribution in [0, 0.1) is 17.0 Å². The lowest BCUT2D eigenvalue weighted by atomic mass is 10.1. The predicted molar refractivity (Wildman–Crippen MR) is 80.8 cm³/mol. The van der Waals surface area contributed by atoms with Crippen LogP contribution in [0.25, 0.3) is 0 Å². The van der Waals surface area contributed by atoms with Crippen LogP contribution in [0.15, 0.2) is 29.6 Å². The molecule has 0 fully saturated rings. The minimum absolute atomic E-state index is 0.101. The smallest absolute Gasteiger partial charge is 0.339 e. The number of aryl methyl sites for hydroxylation is 1. The normalized spacial score (nSPS) is 10.2. The number of anilines is 1. The van der Waals surface area contributed by atoms with Gasteiger partial charge >= 0.3 is 11.0 Å². The number of nitro groups is 1. The van der Waals surface area contributed by atoms with E-state index in [1.165, 1.54) is 13.2 Å². The second-order valence-electron chi connectivity index (χ2n) is 4.44. The largest absolute Gasteiger partial charge is 0.465 e. The van der Waals surface area contributed by atoms with Gasteiger partial charge < -0.3 is 10.1 Å². The second kappa shape index (κ2) is 6.36.